The molecule has 3 aromatic heterocycles. The van der Waals surface area contributed by atoms with Gasteiger partial charge >= 0.3 is 0 Å². The number of imide groups is 1. The fourth-order valence-electron chi connectivity index (χ4n) is 12.9. The molecule has 1 aliphatic carbocycles. The van der Waals surface area contributed by atoms with E-state index in [2.05, 4.69) is 62.4 Å². The molecule has 1 atom stereocenters. The van der Waals surface area contributed by atoms with Crippen LogP contribution in [0.5, 0.6) is 0 Å². The fraction of sp³-hybridized carbons (Fsp3) is 0.500. The molecule has 5 saturated heterocycles. The maximum Gasteiger partial charge on any atom is 0.238 e. The molecule has 1 unspecified atom stereocenters. The Balaban J connectivity index is 0.721. The highest BCUT2D eigenvalue weighted by atomic mass is 19.1. The predicted octanol–water partition coefficient (Wildman–Crippen LogP) is 7.08. The number of hydrogen-bond donors (Lipinski definition) is 2. The van der Waals surface area contributed by atoms with Crippen molar-refractivity contribution in [1.82, 2.24) is 39.5 Å². The lowest BCUT2D eigenvalue weighted by Crippen LogP contribution is -2.60. The van der Waals surface area contributed by atoms with Gasteiger partial charge in [0.25, 0.3) is 0 Å². The molecule has 1 spiro atoms. The summed E-state index contributed by atoms with van der Waals surface area (Å²) >= 11 is 0. The summed E-state index contributed by atoms with van der Waals surface area (Å²) in [5.74, 6) is -0.0675. The van der Waals surface area contributed by atoms with Crippen LogP contribution in [0.1, 0.15) is 108 Å². The standard InChI is InChI=1S/C56H64FN11O5/c1-34(2)67-33-59-46-29-45(61-51(50(46)67)60-44-9-5-4-8-43(44)57)36-10-13-42-47(26-36)68(40-27-39(28-40)63-20-6-3-7-21-63)55(73)56(42)18-24-65(25-19-56)54(72)38-31-66(32-38)53(71)35-16-22-64(23-17-35)48-14-11-37(30-58-48)41-12-15-49(69)62-52(41)70/h4-5,8-11,13-14,26,29-30,33-35,38-41H,3,6-7,12,15-25,27-28,31-32H2,1-2H3,(H,60,61)(H,62,69,70)/t39-,40+,41?. The van der Waals surface area contributed by atoms with Crippen LogP contribution < -0.4 is 20.4 Å². The van der Waals surface area contributed by atoms with E-state index in [1.165, 1.54) is 25.3 Å². The van der Waals surface area contributed by atoms with Crippen LogP contribution >= 0.6 is 0 Å². The topological polar surface area (TPSA) is 169 Å². The van der Waals surface area contributed by atoms with Gasteiger partial charge in [-0.15, -0.1) is 0 Å². The van der Waals surface area contributed by atoms with E-state index < -0.39 is 5.41 Å². The zero-order chi connectivity index (χ0) is 50.1. The number of piperidine rings is 4. The second kappa shape index (κ2) is 18.9. The number of anilines is 4. The van der Waals surface area contributed by atoms with E-state index in [4.69, 9.17) is 9.97 Å². The molecule has 5 aromatic rings. The smallest absolute Gasteiger partial charge is 0.238 e. The molecule has 1 saturated carbocycles. The fourth-order valence-corrected chi connectivity index (χ4v) is 12.9. The van der Waals surface area contributed by atoms with Crippen molar-refractivity contribution in [3.8, 4) is 11.3 Å². The number of hydrogen-bond acceptors (Lipinski definition) is 11. The number of para-hydroxylation sites is 1. The van der Waals surface area contributed by atoms with Gasteiger partial charge in [-0.2, -0.15) is 0 Å². The molecular formula is C56H64FN11O5. The maximum atomic E-state index is 15.2. The van der Waals surface area contributed by atoms with Gasteiger partial charge in [-0.05, 0) is 126 Å². The van der Waals surface area contributed by atoms with Gasteiger partial charge < -0.3 is 34.4 Å². The van der Waals surface area contributed by atoms with Crippen molar-refractivity contribution >= 4 is 63.6 Å². The Kier molecular flexibility index (Phi) is 12.3. The van der Waals surface area contributed by atoms with Crippen molar-refractivity contribution in [2.45, 2.75) is 114 Å². The summed E-state index contributed by atoms with van der Waals surface area (Å²) in [6, 6.07) is 19.3. The Hall–Kier alpha value is -6.75. The van der Waals surface area contributed by atoms with Crippen molar-refractivity contribution < 1.29 is 28.4 Å². The molecule has 0 bridgehead atoms. The number of aromatic nitrogens is 4. The summed E-state index contributed by atoms with van der Waals surface area (Å²) in [4.78, 5) is 92.3. The summed E-state index contributed by atoms with van der Waals surface area (Å²) < 4.78 is 17.1. The van der Waals surface area contributed by atoms with E-state index in [0.29, 0.717) is 101 Å². The first kappa shape index (κ1) is 47.3. The molecule has 6 fully saturated rings. The Labute approximate surface area is 424 Å². The predicted molar refractivity (Wildman–Crippen MR) is 275 cm³/mol. The van der Waals surface area contributed by atoms with E-state index in [9.17, 15) is 19.2 Å². The zero-order valence-corrected chi connectivity index (χ0v) is 41.8. The van der Waals surface area contributed by atoms with Gasteiger partial charge in [-0.1, -0.05) is 36.8 Å². The van der Waals surface area contributed by atoms with Crippen molar-refractivity contribution in [3.05, 3.63) is 90.1 Å². The molecule has 2 N–H and O–H groups in total. The minimum absolute atomic E-state index is 0.0583. The number of halogens is 1. The first-order chi connectivity index (χ1) is 35.4. The van der Waals surface area contributed by atoms with E-state index >= 15 is 9.18 Å². The lowest BCUT2D eigenvalue weighted by Gasteiger charge is -2.48. The van der Waals surface area contributed by atoms with Gasteiger partial charge in [-0.25, -0.2) is 19.3 Å². The van der Waals surface area contributed by atoms with Crippen molar-refractivity contribution in [1.29, 1.82) is 0 Å². The first-order valence-corrected chi connectivity index (χ1v) is 26.7. The molecule has 2 aromatic carbocycles. The van der Waals surface area contributed by atoms with Crippen molar-refractivity contribution in [3.63, 3.8) is 0 Å². The molecule has 0 radical (unpaired) electrons. The maximum absolute atomic E-state index is 15.2. The van der Waals surface area contributed by atoms with Crippen LogP contribution in [-0.4, -0.2) is 128 Å². The minimum Gasteiger partial charge on any atom is -0.357 e. The number of carbonyl (C=O) groups excluding carboxylic acids is 5. The SMILES string of the molecule is CC(C)n1cnc2cc(-c3ccc4c(c3)N([C@H]3C[C@@H](N5CCCCC5)C3)C(=O)C43CCN(C(=O)C4CN(C(=O)C5CCN(c6ccc(C7CCC(=O)NC7=O)cn6)CC5)C4)CC3)nc(Nc3ccccc3F)c21. The lowest BCUT2D eigenvalue weighted by molar-refractivity contribution is -0.152. The molecule has 6 aliphatic heterocycles. The largest absolute Gasteiger partial charge is 0.357 e. The third kappa shape index (κ3) is 8.50. The number of rotatable bonds is 10. The normalized spacial score (nSPS) is 23.7. The highest BCUT2D eigenvalue weighted by Crippen LogP contribution is 2.52. The molecule has 9 heterocycles. The number of imidazole rings is 1. The molecule has 17 heteroatoms. The first-order valence-electron chi connectivity index (χ1n) is 26.7. The highest BCUT2D eigenvalue weighted by Gasteiger charge is 2.56. The van der Waals surface area contributed by atoms with E-state index in [-0.39, 0.29) is 65.2 Å². The molecule has 7 aliphatic rings. The molecule has 5 amide bonds. The molecule has 12 rings (SSSR count). The van der Waals surface area contributed by atoms with Gasteiger partial charge in [0.2, 0.25) is 29.5 Å². The van der Waals surface area contributed by atoms with E-state index in [1.807, 2.05) is 32.6 Å². The van der Waals surface area contributed by atoms with Crippen LogP contribution in [0, 0.1) is 17.7 Å². The van der Waals surface area contributed by atoms with Gasteiger partial charge in [0.1, 0.15) is 17.2 Å². The number of nitrogens with one attached hydrogen (secondary N) is 2. The van der Waals surface area contributed by atoms with Gasteiger partial charge in [0, 0.05) is 87.2 Å². The molecule has 73 heavy (non-hydrogen) atoms. The monoisotopic (exact) mass is 990 g/mol. The van der Waals surface area contributed by atoms with Crippen LogP contribution in [-0.2, 0) is 29.4 Å². The Morgan fingerprint density at radius 2 is 1.56 bits per heavy atom. The average Bonchev–Trinajstić information content (AvgIpc) is 3.91. The van der Waals surface area contributed by atoms with Crippen molar-refractivity contribution in [2.24, 2.45) is 11.8 Å². The number of amides is 5. The van der Waals surface area contributed by atoms with Crippen LogP contribution in [0.15, 0.2) is 73.2 Å². The molecule has 16 nitrogen and oxygen atoms in total. The van der Waals surface area contributed by atoms with Crippen LogP contribution in [0.2, 0.25) is 0 Å². The number of pyridine rings is 2. The number of benzene rings is 2. The third-order valence-electron chi connectivity index (χ3n) is 17.3. The Morgan fingerprint density at radius 1 is 0.808 bits per heavy atom. The Morgan fingerprint density at radius 3 is 2.27 bits per heavy atom. The number of fused-ring (bicyclic) bond motifs is 3. The van der Waals surface area contributed by atoms with Gasteiger partial charge in [0.05, 0.1) is 40.5 Å². The van der Waals surface area contributed by atoms with Crippen LogP contribution in [0.25, 0.3) is 22.3 Å². The lowest BCUT2D eigenvalue weighted by atomic mass is 9.73. The quantitative estimate of drug-likeness (QED) is 0.137. The summed E-state index contributed by atoms with van der Waals surface area (Å²) in [7, 11) is 0. The molecule has 380 valence electrons. The third-order valence-corrected chi connectivity index (χ3v) is 17.3. The van der Waals surface area contributed by atoms with E-state index in [0.717, 1.165) is 65.2 Å². The average molecular weight is 990 g/mol. The summed E-state index contributed by atoms with van der Waals surface area (Å²) in [6.07, 6.45) is 12.3. The number of nitrogens with zero attached hydrogens (tertiary/aromatic N) is 9. The van der Waals surface area contributed by atoms with Gasteiger partial charge in [0.15, 0.2) is 5.82 Å². The zero-order valence-electron chi connectivity index (χ0n) is 41.8. The summed E-state index contributed by atoms with van der Waals surface area (Å²) in [5.41, 5.74) is 5.31. The number of carbonyl (C=O) groups is 5. The van der Waals surface area contributed by atoms with Crippen LogP contribution in [0.4, 0.5) is 27.4 Å². The summed E-state index contributed by atoms with van der Waals surface area (Å²) in [5, 5.41) is 5.69. The minimum atomic E-state index is -0.757. The second-order valence-electron chi connectivity index (χ2n) is 21.9. The Bertz CT molecular complexity index is 2980. The second-order valence-corrected chi connectivity index (χ2v) is 21.9. The van der Waals surface area contributed by atoms with Crippen LogP contribution in [0.3, 0.4) is 0 Å². The molecular weight excluding hydrogens is 926 g/mol. The summed E-state index contributed by atoms with van der Waals surface area (Å²) in [6.45, 7) is 9.50. The van der Waals surface area contributed by atoms with Crippen molar-refractivity contribution in [2.75, 3.05) is 67.5 Å². The van der Waals surface area contributed by atoms with Gasteiger partial charge in [-0.3, -0.25) is 29.3 Å². The van der Waals surface area contributed by atoms with E-state index in [1.54, 1.807) is 30.7 Å². The number of likely N-dealkylation sites (tertiary alicyclic amines) is 3. The highest BCUT2D eigenvalue weighted by molar-refractivity contribution is 6.10.